The maximum Gasteiger partial charge on any atom is 0.414 e. The Kier molecular flexibility index (Phi) is 3.72. The van der Waals surface area contributed by atoms with E-state index in [1.165, 1.54) is 12.5 Å². The summed E-state index contributed by atoms with van der Waals surface area (Å²) in [7, 11) is 0. The van der Waals surface area contributed by atoms with Crippen LogP contribution in [-0.2, 0) is 9.53 Å². The van der Waals surface area contributed by atoms with Gasteiger partial charge in [-0.05, 0) is 41.5 Å². The summed E-state index contributed by atoms with van der Waals surface area (Å²) in [5.41, 5.74) is 3.23. The molecule has 1 N–H and O–H groups in total. The van der Waals surface area contributed by atoms with Crippen LogP contribution in [0.2, 0.25) is 0 Å². The summed E-state index contributed by atoms with van der Waals surface area (Å²) < 4.78 is 5.28. The summed E-state index contributed by atoms with van der Waals surface area (Å²) in [6.45, 7) is 2.19. The van der Waals surface area contributed by atoms with E-state index in [-0.39, 0.29) is 24.0 Å². The zero-order valence-corrected chi connectivity index (χ0v) is 13.9. The lowest BCUT2D eigenvalue weighted by Crippen LogP contribution is -2.33. The van der Waals surface area contributed by atoms with E-state index in [9.17, 15) is 9.59 Å². The monoisotopic (exact) mass is 337 g/mol. The molecule has 25 heavy (non-hydrogen) atoms. The van der Waals surface area contributed by atoms with E-state index < -0.39 is 0 Å². The fraction of sp³-hybridized carbons (Fsp3) is 0.421. The maximum atomic E-state index is 12.0. The summed E-state index contributed by atoms with van der Waals surface area (Å²) in [6, 6.07) is 10.2. The van der Waals surface area contributed by atoms with Crippen molar-refractivity contribution in [2.45, 2.75) is 19.4 Å². The molecule has 1 heterocycles. The Bertz CT molecular complexity index is 793. The lowest BCUT2D eigenvalue weighted by Gasteiger charge is -2.14. The molecule has 0 radical (unpaired) electrons. The Morgan fingerprint density at radius 2 is 2.16 bits per heavy atom. The Morgan fingerprint density at radius 1 is 1.40 bits per heavy atom. The number of nitrogens with zero attached hydrogens (tertiary/aromatic N) is 2. The molecule has 1 aromatic carbocycles. The first-order chi connectivity index (χ1) is 12.1. The second kappa shape index (κ2) is 5.92. The van der Waals surface area contributed by atoms with Gasteiger partial charge in [-0.25, -0.2) is 4.79 Å². The molecule has 2 fully saturated rings. The number of allylic oxidation sites excluding steroid dienone is 2. The molecule has 6 nitrogen and oxygen atoms in total. The average molecular weight is 337 g/mol. The van der Waals surface area contributed by atoms with Gasteiger partial charge in [0, 0.05) is 12.6 Å². The van der Waals surface area contributed by atoms with Crippen molar-refractivity contribution in [1.29, 1.82) is 5.26 Å². The van der Waals surface area contributed by atoms with Crippen molar-refractivity contribution >= 4 is 23.3 Å². The third-order valence-electron chi connectivity index (χ3n) is 5.23. The third-order valence-corrected chi connectivity index (χ3v) is 5.23. The molecule has 3 aliphatic rings. The van der Waals surface area contributed by atoms with Crippen molar-refractivity contribution in [3.05, 3.63) is 35.9 Å². The van der Waals surface area contributed by atoms with Crippen molar-refractivity contribution < 1.29 is 14.3 Å². The van der Waals surface area contributed by atoms with Crippen molar-refractivity contribution in [3.8, 4) is 6.07 Å². The van der Waals surface area contributed by atoms with Gasteiger partial charge in [0.2, 0.25) is 5.91 Å². The summed E-state index contributed by atoms with van der Waals surface area (Å²) >= 11 is 0. The number of anilines is 1. The first-order valence-electron chi connectivity index (χ1n) is 8.50. The van der Waals surface area contributed by atoms with Crippen LogP contribution in [-0.4, -0.2) is 31.2 Å². The summed E-state index contributed by atoms with van der Waals surface area (Å²) in [4.78, 5) is 24.6. The summed E-state index contributed by atoms with van der Waals surface area (Å²) in [5.74, 6) is 1.01. The second-order valence-electron chi connectivity index (χ2n) is 6.89. The molecule has 1 saturated heterocycles. The molecule has 4 rings (SSSR count). The smallest absolute Gasteiger partial charge is 0.414 e. The van der Waals surface area contributed by atoms with Gasteiger partial charge in [-0.1, -0.05) is 18.2 Å². The number of cyclic esters (lactones) is 1. The van der Waals surface area contributed by atoms with E-state index in [1.807, 2.05) is 24.3 Å². The molecular weight excluding hydrogens is 318 g/mol. The highest BCUT2D eigenvalue weighted by Gasteiger charge is 2.52. The van der Waals surface area contributed by atoms with Crippen LogP contribution in [0.25, 0.3) is 5.57 Å². The van der Waals surface area contributed by atoms with Crippen LogP contribution in [0.3, 0.4) is 0 Å². The van der Waals surface area contributed by atoms with Gasteiger partial charge >= 0.3 is 6.09 Å². The van der Waals surface area contributed by atoms with Crippen LogP contribution in [0, 0.1) is 29.1 Å². The Morgan fingerprint density at radius 3 is 2.76 bits per heavy atom. The van der Waals surface area contributed by atoms with Gasteiger partial charge in [-0.2, -0.15) is 5.26 Å². The molecule has 1 aromatic rings. The maximum absolute atomic E-state index is 12.0. The Labute approximate surface area is 146 Å². The SMILES string of the molecule is CC(=O)NC[C@H]1CN(c2ccc(C3=C[C@H]4[C@@H](C#N)[C@@H]4C3)cc2)C(=O)O1. The Balaban J connectivity index is 1.41. The van der Waals surface area contributed by atoms with Gasteiger partial charge in [-0.15, -0.1) is 0 Å². The van der Waals surface area contributed by atoms with E-state index in [0.29, 0.717) is 24.9 Å². The highest BCUT2D eigenvalue weighted by Crippen LogP contribution is 2.57. The molecule has 4 atom stereocenters. The van der Waals surface area contributed by atoms with Gasteiger partial charge in [-0.3, -0.25) is 9.69 Å². The number of amides is 2. The predicted molar refractivity (Wildman–Crippen MR) is 91.4 cm³/mol. The van der Waals surface area contributed by atoms with E-state index >= 15 is 0 Å². The number of rotatable bonds is 4. The number of hydrogen-bond acceptors (Lipinski definition) is 4. The largest absolute Gasteiger partial charge is 0.442 e. The zero-order valence-electron chi connectivity index (χ0n) is 13.9. The first kappa shape index (κ1) is 15.7. The van der Waals surface area contributed by atoms with Crippen LogP contribution >= 0.6 is 0 Å². The van der Waals surface area contributed by atoms with Crippen LogP contribution in [0.1, 0.15) is 18.9 Å². The molecule has 128 valence electrons. The normalized spacial score (nSPS) is 29.5. The number of fused-ring (bicyclic) bond motifs is 1. The minimum absolute atomic E-state index is 0.139. The molecule has 1 saturated carbocycles. The molecule has 0 spiro atoms. The first-order valence-corrected chi connectivity index (χ1v) is 8.50. The van der Waals surface area contributed by atoms with Gasteiger partial charge in [0.05, 0.1) is 25.1 Å². The van der Waals surface area contributed by atoms with Gasteiger partial charge in [0.1, 0.15) is 6.10 Å². The second-order valence-corrected chi connectivity index (χ2v) is 6.89. The number of carbonyl (C=O) groups is 2. The van der Waals surface area contributed by atoms with Gasteiger partial charge in [0.25, 0.3) is 0 Å². The molecule has 1 aliphatic heterocycles. The van der Waals surface area contributed by atoms with Gasteiger partial charge < -0.3 is 10.1 Å². The molecule has 6 heteroatoms. The number of nitrogens with one attached hydrogen (secondary N) is 1. The number of nitriles is 1. The average Bonchev–Trinajstić information content (AvgIpc) is 2.94. The lowest BCUT2D eigenvalue weighted by molar-refractivity contribution is -0.119. The van der Waals surface area contributed by atoms with Crippen molar-refractivity contribution in [1.82, 2.24) is 5.32 Å². The van der Waals surface area contributed by atoms with Crippen LogP contribution in [0.4, 0.5) is 10.5 Å². The van der Waals surface area contributed by atoms with Crippen LogP contribution < -0.4 is 10.2 Å². The van der Waals surface area contributed by atoms with Gasteiger partial charge in [0.15, 0.2) is 0 Å². The van der Waals surface area contributed by atoms with Crippen molar-refractivity contribution in [3.63, 3.8) is 0 Å². The minimum Gasteiger partial charge on any atom is -0.442 e. The molecule has 2 aliphatic carbocycles. The standard InChI is InChI=1S/C19H19N3O3/c1-11(23)21-9-15-10-22(19(24)25-15)14-4-2-12(3-5-14)13-6-16-17(7-13)18(16)8-20/h2-6,15-18H,7,9-10H2,1H3,(H,21,23)/t15-,16+,17+,18+/m0/s1. The molecule has 2 amide bonds. The Hall–Kier alpha value is -2.81. The van der Waals surface area contributed by atoms with E-state index in [1.54, 1.807) is 4.90 Å². The van der Waals surface area contributed by atoms with Crippen LogP contribution in [0.5, 0.6) is 0 Å². The molecule has 0 aromatic heterocycles. The molecule has 0 unspecified atom stereocenters. The molecule has 0 bridgehead atoms. The fourth-order valence-electron chi connectivity index (χ4n) is 3.79. The number of carbonyl (C=O) groups excluding carboxylic acids is 2. The van der Waals surface area contributed by atoms with E-state index in [0.717, 1.165) is 17.7 Å². The zero-order chi connectivity index (χ0) is 17.6. The summed E-state index contributed by atoms with van der Waals surface area (Å²) in [6.07, 6.45) is 2.47. The fourth-order valence-corrected chi connectivity index (χ4v) is 3.79. The van der Waals surface area contributed by atoms with Crippen LogP contribution in [0.15, 0.2) is 30.3 Å². The number of benzene rings is 1. The van der Waals surface area contributed by atoms with E-state index in [4.69, 9.17) is 10.00 Å². The van der Waals surface area contributed by atoms with E-state index in [2.05, 4.69) is 17.5 Å². The minimum atomic E-state index is -0.388. The lowest BCUT2D eigenvalue weighted by atomic mass is 10.0. The highest BCUT2D eigenvalue weighted by molar-refractivity contribution is 5.90. The van der Waals surface area contributed by atoms with Crippen molar-refractivity contribution in [2.75, 3.05) is 18.0 Å². The van der Waals surface area contributed by atoms with Crippen molar-refractivity contribution in [2.24, 2.45) is 17.8 Å². The topological polar surface area (TPSA) is 82.4 Å². The highest BCUT2D eigenvalue weighted by atomic mass is 16.6. The number of ether oxygens (including phenoxy) is 1. The summed E-state index contributed by atoms with van der Waals surface area (Å²) in [5, 5.41) is 11.7. The quantitative estimate of drug-likeness (QED) is 0.914. The number of hydrogen-bond donors (Lipinski definition) is 1. The predicted octanol–water partition coefficient (Wildman–Crippen LogP) is 2.32. The molecular formula is C19H19N3O3. The third kappa shape index (κ3) is 2.86.